The van der Waals surface area contributed by atoms with E-state index in [9.17, 15) is 0 Å². The van der Waals surface area contributed by atoms with E-state index in [0.717, 1.165) is 42.0 Å². The van der Waals surface area contributed by atoms with Crippen LogP contribution in [0.15, 0.2) is 35.7 Å². The third kappa shape index (κ3) is 3.23. The first-order valence-corrected chi connectivity index (χ1v) is 6.82. The minimum Gasteiger partial charge on any atom is -0.497 e. The van der Waals surface area contributed by atoms with Gasteiger partial charge >= 0.3 is 0 Å². The molecule has 5 nitrogen and oxygen atoms in total. The molecule has 1 aliphatic rings. The van der Waals surface area contributed by atoms with Crippen LogP contribution in [-0.4, -0.2) is 25.3 Å². The predicted molar refractivity (Wildman–Crippen MR) is 78.6 cm³/mol. The molecule has 0 aliphatic heterocycles. The van der Waals surface area contributed by atoms with E-state index in [-0.39, 0.29) is 6.10 Å². The van der Waals surface area contributed by atoms with Crippen LogP contribution in [0.5, 0.6) is 5.75 Å². The fourth-order valence-electron chi connectivity index (χ4n) is 2.56. The third-order valence-electron chi connectivity index (χ3n) is 3.65. The maximum Gasteiger partial charge on any atom is 0.118 e. The van der Waals surface area contributed by atoms with Gasteiger partial charge in [0.25, 0.3) is 0 Å². The van der Waals surface area contributed by atoms with Gasteiger partial charge < -0.3 is 20.2 Å². The molecule has 1 aliphatic carbocycles. The number of nitrogens with zero attached hydrogens (tertiary/aromatic N) is 1. The van der Waals surface area contributed by atoms with Crippen LogP contribution in [0.25, 0.3) is 0 Å². The zero-order valence-corrected chi connectivity index (χ0v) is 12.1. The summed E-state index contributed by atoms with van der Waals surface area (Å²) in [5, 5.41) is 1.70. The Morgan fingerprint density at radius 3 is 2.55 bits per heavy atom. The number of ether oxygens (including phenoxy) is 2. The van der Waals surface area contributed by atoms with Crippen molar-refractivity contribution < 1.29 is 9.47 Å². The van der Waals surface area contributed by atoms with Gasteiger partial charge in [0.2, 0.25) is 0 Å². The molecule has 0 spiro atoms. The topological polar surface area (TPSA) is 73.7 Å². The van der Waals surface area contributed by atoms with E-state index in [4.69, 9.17) is 21.1 Å². The van der Waals surface area contributed by atoms with Crippen molar-refractivity contribution in [1.29, 1.82) is 0 Å². The van der Waals surface area contributed by atoms with E-state index in [0.29, 0.717) is 6.54 Å². The maximum absolute atomic E-state index is 6.19. The lowest BCUT2D eigenvalue weighted by Crippen LogP contribution is -2.40. The van der Waals surface area contributed by atoms with E-state index < -0.39 is 0 Å². The molecule has 0 bridgehead atoms. The van der Waals surface area contributed by atoms with Crippen LogP contribution in [0.4, 0.5) is 0 Å². The first-order chi connectivity index (χ1) is 9.65. The molecular weight excluding hydrogens is 254 g/mol. The summed E-state index contributed by atoms with van der Waals surface area (Å²) in [5.74, 6) is 7.03. The maximum atomic E-state index is 6.19. The van der Waals surface area contributed by atoms with Crippen molar-refractivity contribution in [2.75, 3.05) is 14.2 Å². The standard InChI is InChI=1S/C15H23N3O2/c1-19-12-8-6-11(7-9-12)10-18(17)15-13(16)4-3-5-14(15)20-2/h6-9,14H,3-5,10,16-17H2,1-2H3. The minimum atomic E-state index is -0.00741. The van der Waals surface area contributed by atoms with Gasteiger partial charge in [0.05, 0.1) is 25.5 Å². The van der Waals surface area contributed by atoms with Crippen molar-refractivity contribution >= 4 is 0 Å². The highest BCUT2D eigenvalue weighted by atomic mass is 16.5. The first-order valence-electron chi connectivity index (χ1n) is 6.82. The van der Waals surface area contributed by atoms with Crippen LogP contribution in [0, 0.1) is 0 Å². The molecule has 1 aromatic carbocycles. The van der Waals surface area contributed by atoms with Crippen molar-refractivity contribution in [1.82, 2.24) is 5.01 Å². The summed E-state index contributed by atoms with van der Waals surface area (Å²) >= 11 is 0. The average Bonchev–Trinajstić information content (AvgIpc) is 2.47. The lowest BCUT2D eigenvalue weighted by Gasteiger charge is -2.32. The van der Waals surface area contributed by atoms with Crippen LogP contribution in [0.1, 0.15) is 24.8 Å². The monoisotopic (exact) mass is 277 g/mol. The fourth-order valence-corrected chi connectivity index (χ4v) is 2.56. The summed E-state index contributed by atoms with van der Waals surface area (Å²) < 4.78 is 10.6. The van der Waals surface area contributed by atoms with Crippen LogP contribution in [-0.2, 0) is 11.3 Å². The molecule has 0 saturated heterocycles. The Balaban J connectivity index is 2.11. The van der Waals surface area contributed by atoms with E-state index in [1.165, 1.54) is 0 Å². The number of nitrogens with two attached hydrogens (primary N) is 2. The van der Waals surface area contributed by atoms with Crippen LogP contribution in [0.2, 0.25) is 0 Å². The van der Waals surface area contributed by atoms with Gasteiger partial charge in [-0.15, -0.1) is 0 Å². The summed E-state index contributed by atoms with van der Waals surface area (Å²) in [6.07, 6.45) is 2.88. The predicted octanol–water partition coefficient (Wildman–Crippen LogP) is 1.74. The van der Waals surface area contributed by atoms with E-state index in [1.807, 2.05) is 24.3 Å². The molecule has 0 heterocycles. The van der Waals surface area contributed by atoms with E-state index in [2.05, 4.69) is 0 Å². The number of hydrazine groups is 1. The second kappa shape index (κ2) is 6.63. The van der Waals surface area contributed by atoms with Crippen molar-refractivity contribution in [3.05, 3.63) is 41.2 Å². The van der Waals surface area contributed by atoms with Gasteiger partial charge in [0, 0.05) is 12.8 Å². The summed E-state index contributed by atoms with van der Waals surface area (Å²) in [5.41, 5.74) is 8.95. The van der Waals surface area contributed by atoms with Crippen molar-refractivity contribution in [2.24, 2.45) is 11.6 Å². The number of rotatable bonds is 5. The van der Waals surface area contributed by atoms with Gasteiger partial charge in [-0.1, -0.05) is 12.1 Å². The van der Waals surface area contributed by atoms with Crippen LogP contribution in [0.3, 0.4) is 0 Å². The molecule has 0 amide bonds. The first kappa shape index (κ1) is 14.7. The largest absolute Gasteiger partial charge is 0.497 e. The lowest BCUT2D eigenvalue weighted by molar-refractivity contribution is 0.0834. The normalized spacial score (nSPS) is 19.1. The number of hydrogen-bond donors (Lipinski definition) is 2. The second-order valence-electron chi connectivity index (χ2n) is 5.00. The smallest absolute Gasteiger partial charge is 0.118 e. The number of allylic oxidation sites excluding steroid dienone is 1. The molecule has 0 radical (unpaired) electrons. The minimum absolute atomic E-state index is 0.00741. The van der Waals surface area contributed by atoms with E-state index >= 15 is 0 Å². The molecule has 110 valence electrons. The molecule has 2 rings (SSSR count). The van der Waals surface area contributed by atoms with Crippen molar-refractivity contribution in [2.45, 2.75) is 31.9 Å². The molecule has 0 saturated carbocycles. The Bertz CT molecular complexity index is 471. The second-order valence-corrected chi connectivity index (χ2v) is 5.00. The third-order valence-corrected chi connectivity index (χ3v) is 3.65. The molecule has 5 heteroatoms. The number of methoxy groups -OCH3 is 2. The number of hydrogen-bond acceptors (Lipinski definition) is 5. The highest BCUT2D eigenvalue weighted by molar-refractivity contribution is 5.28. The van der Waals surface area contributed by atoms with Crippen molar-refractivity contribution in [3.8, 4) is 5.75 Å². The molecule has 1 aromatic rings. The Morgan fingerprint density at radius 2 is 1.95 bits per heavy atom. The van der Waals surface area contributed by atoms with Gasteiger partial charge in [-0.3, -0.25) is 0 Å². The zero-order valence-electron chi connectivity index (χ0n) is 12.1. The highest BCUT2D eigenvalue weighted by Crippen LogP contribution is 2.26. The average molecular weight is 277 g/mol. The molecule has 1 unspecified atom stereocenters. The summed E-state index contributed by atoms with van der Waals surface area (Å²) in [7, 11) is 3.35. The molecule has 0 fully saturated rings. The lowest BCUT2D eigenvalue weighted by atomic mass is 9.98. The Kier molecular flexibility index (Phi) is 4.87. The molecular formula is C15H23N3O2. The Hall–Kier alpha value is -1.72. The van der Waals surface area contributed by atoms with Gasteiger partial charge in [0.1, 0.15) is 5.75 Å². The van der Waals surface area contributed by atoms with E-state index in [1.54, 1.807) is 19.2 Å². The Morgan fingerprint density at radius 1 is 1.25 bits per heavy atom. The molecule has 4 N–H and O–H groups in total. The Labute approximate surface area is 120 Å². The summed E-state index contributed by atoms with van der Waals surface area (Å²) in [6.45, 7) is 0.597. The van der Waals surface area contributed by atoms with Gasteiger partial charge in [-0.2, -0.15) is 0 Å². The SMILES string of the molecule is COc1ccc(CN(N)C2=C(N)CCCC2OC)cc1. The van der Waals surface area contributed by atoms with Crippen LogP contribution >= 0.6 is 0 Å². The molecule has 20 heavy (non-hydrogen) atoms. The zero-order chi connectivity index (χ0) is 14.5. The quantitative estimate of drug-likeness (QED) is 0.633. The fraction of sp³-hybridized carbons (Fsp3) is 0.467. The van der Waals surface area contributed by atoms with Crippen LogP contribution < -0.4 is 16.3 Å². The summed E-state index contributed by atoms with van der Waals surface area (Å²) in [6, 6.07) is 7.85. The summed E-state index contributed by atoms with van der Waals surface area (Å²) in [4.78, 5) is 0. The highest BCUT2D eigenvalue weighted by Gasteiger charge is 2.25. The van der Waals surface area contributed by atoms with Crippen molar-refractivity contribution in [3.63, 3.8) is 0 Å². The molecule has 1 atom stereocenters. The number of benzene rings is 1. The van der Waals surface area contributed by atoms with Gasteiger partial charge in [-0.05, 0) is 37.0 Å². The van der Waals surface area contributed by atoms with Gasteiger partial charge in [0.15, 0.2) is 0 Å². The molecule has 0 aromatic heterocycles. The van der Waals surface area contributed by atoms with Gasteiger partial charge in [-0.25, -0.2) is 5.84 Å².